The van der Waals surface area contributed by atoms with Gasteiger partial charge in [-0.15, -0.1) is 0 Å². The molecule has 3 rings (SSSR count). The molecule has 2 unspecified atom stereocenters. The molecule has 0 bridgehead atoms. The third kappa shape index (κ3) is 6.95. The number of carbonyl (C=O) groups is 2. The summed E-state index contributed by atoms with van der Waals surface area (Å²) in [5.41, 5.74) is 2.44. The fourth-order valence-corrected chi connectivity index (χ4v) is 4.60. The largest absolute Gasteiger partial charge is 0.496 e. The molecular weight excluding hydrogens is 551 g/mol. The zero-order chi connectivity index (χ0) is 26.2. The minimum atomic E-state index is -1.61. The number of aromatic nitrogens is 1. The van der Waals surface area contributed by atoms with Gasteiger partial charge in [0, 0.05) is 35.2 Å². The number of para-hydroxylation sites is 1. The molecule has 1 heterocycles. The van der Waals surface area contributed by atoms with Gasteiger partial charge >= 0.3 is 5.97 Å². The van der Waals surface area contributed by atoms with E-state index in [1.807, 2.05) is 43.3 Å². The average Bonchev–Trinajstić information content (AvgIpc) is 2.85. The standard InChI is InChI=1S/C27H29BrClFN2O4/c1-4-7-23(30)36-24(33)13-10-17(19-8-5-6-9-22(19)35-3)15-31-27(34)25-16(2)26(29)32-21-12-11-18(28)14-20(21)25/h5-6,8-9,11-12,14,17,23H,4,7,10,13,15H2,1-3H3,(H,31,34). The molecule has 192 valence electrons. The van der Waals surface area contributed by atoms with Gasteiger partial charge in [-0.3, -0.25) is 9.59 Å². The number of rotatable bonds is 11. The molecule has 0 aliphatic heterocycles. The molecule has 0 saturated heterocycles. The molecule has 6 nitrogen and oxygen atoms in total. The van der Waals surface area contributed by atoms with Crippen LogP contribution < -0.4 is 10.1 Å². The molecule has 0 saturated carbocycles. The first kappa shape index (κ1) is 27.9. The number of pyridine rings is 1. The Balaban J connectivity index is 1.83. The highest BCUT2D eigenvalue weighted by Gasteiger charge is 2.23. The lowest BCUT2D eigenvalue weighted by atomic mass is 9.93. The Bertz CT molecular complexity index is 1240. The lowest BCUT2D eigenvalue weighted by molar-refractivity contribution is -0.158. The van der Waals surface area contributed by atoms with Crippen LogP contribution in [0.15, 0.2) is 46.9 Å². The van der Waals surface area contributed by atoms with Crippen molar-refractivity contribution >= 4 is 50.3 Å². The van der Waals surface area contributed by atoms with Crippen molar-refractivity contribution in [3.8, 4) is 5.75 Å². The number of nitrogens with one attached hydrogen (secondary N) is 1. The second-order valence-electron chi connectivity index (χ2n) is 8.44. The number of fused-ring (bicyclic) bond motifs is 1. The van der Waals surface area contributed by atoms with Crippen LogP contribution in [-0.2, 0) is 9.53 Å². The van der Waals surface area contributed by atoms with Crippen LogP contribution in [0.1, 0.15) is 60.0 Å². The smallest absolute Gasteiger partial charge is 0.308 e. The third-order valence-corrected chi connectivity index (χ3v) is 6.78. The number of carbonyl (C=O) groups excluding carboxylic acids is 2. The Labute approximate surface area is 223 Å². The van der Waals surface area contributed by atoms with E-state index in [-0.39, 0.29) is 36.4 Å². The highest BCUT2D eigenvalue weighted by atomic mass is 79.9. The van der Waals surface area contributed by atoms with Gasteiger partial charge in [0.1, 0.15) is 10.9 Å². The van der Waals surface area contributed by atoms with Gasteiger partial charge in [-0.1, -0.05) is 52.7 Å². The van der Waals surface area contributed by atoms with E-state index in [1.54, 1.807) is 20.1 Å². The molecule has 36 heavy (non-hydrogen) atoms. The van der Waals surface area contributed by atoms with E-state index in [4.69, 9.17) is 21.1 Å². The Morgan fingerprint density at radius 2 is 1.94 bits per heavy atom. The zero-order valence-corrected chi connectivity index (χ0v) is 22.8. The second kappa shape index (κ2) is 13.0. The van der Waals surface area contributed by atoms with Crippen molar-refractivity contribution in [1.29, 1.82) is 0 Å². The molecule has 3 aromatic rings. The maximum atomic E-state index is 13.7. The first-order valence-corrected chi connectivity index (χ1v) is 12.9. The summed E-state index contributed by atoms with van der Waals surface area (Å²) in [4.78, 5) is 30.0. The van der Waals surface area contributed by atoms with E-state index in [0.717, 1.165) is 10.0 Å². The summed E-state index contributed by atoms with van der Waals surface area (Å²) in [6.45, 7) is 3.79. The highest BCUT2D eigenvalue weighted by molar-refractivity contribution is 9.10. The molecule has 2 atom stereocenters. The van der Waals surface area contributed by atoms with Gasteiger partial charge in [-0.05, 0) is 55.2 Å². The number of ether oxygens (including phenoxy) is 2. The molecule has 0 aliphatic carbocycles. The number of nitrogens with zero attached hydrogens (tertiary/aromatic N) is 1. The minimum Gasteiger partial charge on any atom is -0.496 e. The maximum Gasteiger partial charge on any atom is 0.308 e. The van der Waals surface area contributed by atoms with E-state index in [2.05, 4.69) is 26.2 Å². The fourth-order valence-electron chi connectivity index (χ4n) is 4.05. The van der Waals surface area contributed by atoms with Crippen LogP contribution in [0.3, 0.4) is 0 Å². The molecule has 0 aliphatic rings. The highest BCUT2D eigenvalue weighted by Crippen LogP contribution is 2.31. The summed E-state index contributed by atoms with van der Waals surface area (Å²) in [7, 11) is 1.56. The monoisotopic (exact) mass is 578 g/mol. The van der Waals surface area contributed by atoms with Crippen molar-refractivity contribution in [3.05, 3.63) is 68.8 Å². The van der Waals surface area contributed by atoms with E-state index in [9.17, 15) is 14.0 Å². The topological polar surface area (TPSA) is 77.5 Å². The first-order valence-electron chi connectivity index (χ1n) is 11.7. The number of alkyl halides is 1. The Hall–Kier alpha value is -2.71. The molecule has 2 aromatic carbocycles. The maximum absolute atomic E-state index is 13.7. The predicted octanol–water partition coefficient (Wildman–Crippen LogP) is 6.90. The van der Waals surface area contributed by atoms with Crippen molar-refractivity contribution < 1.29 is 23.5 Å². The van der Waals surface area contributed by atoms with Crippen molar-refractivity contribution in [2.45, 2.75) is 51.8 Å². The van der Waals surface area contributed by atoms with Gasteiger partial charge in [0.25, 0.3) is 5.91 Å². The van der Waals surface area contributed by atoms with Gasteiger partial charge < -0.3 is 14.8 Å². The van der Waals surface area contributed by atoms with Gasteiger partial charge in [0.05, 0.1) is 18.2 Å². The molecule has 0 fully saturated rings. The number of esters is 1. The Morgan fingerprint density at radius 3 is 2.67 bits per heavy atom. The van der Waals surface area contributed by atoms with Crippen LogP contribution in [-0.4, -0.2) is 36.9 Å². The Morgan fingerprint density at radius 1 is 1.19 bits per heavy atom. The zero-order valence-electron chi connectivity index (χ0n) is 20.4. The Kier molecular flexibility index (Phi) is 10.1. The number of methoxy groups -OCH3 is 1. The van der Waals surface area contributed by atoms with E-state index >= 15 is 0 Å². The number of hydrogen-bond donors (Lipinski definition) is 1. The van der Waals surface area contributed by atoms with Gasteiger partial charge in [0.15, 0.2) is 0 Å². The summed E-state index contributed by atoms with van der Waals surface area (Å²) in [5, 5.41) is 3.92. The van der Waals surface area contributed by atoms with Gasteiger partial charge in [-0.25, -0.2) is 9.37 Å². The lowest BCUT2D eigenvalue weighted by Crippen LogP contribution is -2.30. The van der Waals surface area contributed by atoms with Crippen LogP contribution in [0.2, 0.25) is 5.15 Å². The van der Waals surface area contributed by atoms with E-state index in [0.29, 0.717) is 40.6 Å². The number of benzene rings is 2. The third-order valence-electron chi connectivity index (χ3n) is 5.92. The normalized spacial score (nSPS) is 12.7. The van der Waals surface area contributed by atoms with Crippen LogP contribution in [0.4, 0.5) is 4.39 Å². The van der Waals surface area contributed by atoms with Crippen molar-refractivity contribution in [1.82, 2.24) is 10.3 Å². The lowest BCUT2D eigenvalue weighted by Gasteiger charge is -2.21. The number of halogens is 3. The van der Waals surface area contributed by atoms with Crippen LogP contribution in [0.25, 0.3) is 10.9 Å². The van der Waals surface area contributed by atoms with Crippen LogP contribution in [0, 0.1) is 6.92 Å². The first-order chi connectivity index (χ1) is 17.2. The minimum absolute atomic E-state index is 0.00128. The predicted molar refractivity (Wildman–Crippen MR) is 142 cm³/mol. The molecule has 1 N–H and O–H groups in total. The summed E-state index contributed by atoms with van der Waals surface area (Å²) in [5.74, 6) is -0.571. The molecule has 9 heteroatoms. The number of hydrogen-bond acceptors (Lipinski definition) is 5. The van der Waals surface area contributed by atoms with Gasteiger partial charge in [-0.2, -0.15) is 0 Å². The molecule has 0 spiro atoms. The molecule has 1 aromatic heterocycles. The number of amides is 1. The summed E-state index contributed by atoms with van der Waals surface area (Å²) >= 11 is 9.77. The van der Waals surface area contributed by atoms with E-state index < -0.39 is 12.3 Å². The molecule has 1 amide bonds. The summed E-state index contributed by atoms with van der Waals surface area (Å²) in [6, 6.07) is 12.9. The van der Waals surface area contributed by atoms with Crippen LogP contribution >= 0.6 is 27.5 Å². The van der Waals surface area contributed by atoms with Crippen LogP contribution in [0.5, 0.6) is 5.75 Å². The molecular formula is C27H29BrClFN2O4. The van der Waals surface area contributed by atoms with Crippen molar-refractivity contribution in [2.24, 2.45) is 0 Å². The average molecular weight is 580 g/mol. The second-order valence-corrected chi connectivity index (χ2v) is 9.71. The van der Waals surface area contributed by atoms with Crippen molar-refractivity contribution in [3.63, 3.8) is 0 Å². The van der Waals surface area contributed by atoms with E-state index in [1.165, 1.54) is 0 Å². The summed E-state index contributed by atoms with van der Waals surface area (Å²) in [6.07, 6.45) is -0.540. The SMILES string of the molecule is CCCC(F)OC(=O)CCC(CNC(=O)c1c(C)c(Cl)nc2ccc(Br)cc12)c1ccccc1OC. The quantitative estimate of drug-likeness (QED) is 0.197. The van der Waals surface area contributed by atoms with Gasteiger partial charge in [0.2, 0.25) is 6.36 Å². The fraction of sp³-hybridized carbons (Fsp3) is 0.370. The summed E-state index contributed by atoms with van der Waals surface area (Å²) < 4.78 is 24.9. The molecule has 0 radical (unpaired) electrons. The van der Waals surface area contributed by atoms with Crippen molar-refractivity contribution in [2.75, 3.05) is 13.7 Å².